The van der Waals surface area contributed by atoms with E-state index in [0.29, 0.717) is 11.3 Å². The number of halogens is 3. The van der Waals surface area contributed by atoms with Gasteiger partial charge in [-0.05, 0) is 30.2 Å². The van der Waals surface area contributed by atoms with Crippen LogP contribution >= 0.6 is 0 Å². The molecule has 0 spiro atoms. The van der Waals surface area contributed by atoms with Crippen molar-refractivity contribution >= 4 is 5.69 Å². The van der Waals surface area contributed by atoms with Crippen molar-refractivity contribution in [1.82, 2.24) is 4.98 Å². The summed E-state index contributed by atoms with van der Waals surface area (Å²) in [7, 11) is 0. The van der Waals surface area contributed by atoms with Gasteiger partial charge >= 0.3 is 6.18 Å². The number of benzene rings is 1. The van der Waals surface area contributed by atoms with Crippen LogP contribution in [0.4, 0.5) is 18.9 Å². The summed E-state index contributed by atoms with van der Waals surface area (Å²) in [6.45, 7) is 1.81. The maximum atomic E-state index is 12.4. The summed E-state index contributed by atoms with van der Waals surface area (Å²) in [6, 6.07) is 4.95. The molecule has 0 aliphatic heterocycles. The van der Waals surface area contributed by atoms with Crippen molar-refractivity contribution in [1.29, 1.82) is 0 Å². The van der Waals surface area contributed by atoms with E-state index in [2.05, 4.69) is 4.98 Å². The Hall–Kier alpha value is -2.04. The maximum absolute atomic E-state index is 12.4. The number of nitrogen functional groups attached to an aromatic ring is 1. The number of anilines is 1. The highest BCUT2D eigenvalue weighted by atomic mass is 19.4. The Kier molecular flexibility index (Phi) is 2.98. The molecule has 1 aromatic heterocycles. The normalized spacial score (nSPS) is 11.6. The van der Waals surface area contributed by atoms with Crippen LogP contribution in [0.25, 0.3) is 11.1 Å². The molecule has 1 aromatic carbocycles. The predicted octanol–water partition coefficient (Wildman–Crippen LogP) is 3.66. The number of alkyl halides is 3. The molecule has 1 heterocycles. The first-order chi connectivity index (χ1) is 8.39. The van der Waals surface area contributed by atoms with Crippen molar-refractivity contribution in [3.8, 4) is 11.1 Å². The van der Waals surface area contributed by atoms with E-state index < -0.39 is 11.7 Å². The lowest BCUT2D eigenvalue weighted by molar-refractivity contribution is -0.137. The van der Waals surface area contributed by atoms with Gasteiger partial charge in [0.25, 0.3) is 0 Å². The highest BCUT2D eigenvalue weighted by molar-refractivity contribution is 5.71. The first kappa shape index (κ1) is 12.4. The van der Waals surface area contributed by atoms with Crippen LogP contribution < -0.4 is 5.73 Å². The van der Waals surface area contributed by atoms with Gasteiger partial charge in [0.2, 0.25) is 0 Å². The molecule has 0 aliphatic carbocycles. The molecule has 0 saturated carbocycles. The summed E-state index contributed by atoms with van der Waals surface area (Å²) in [5.41, 5.74) is 7.79. The molecule has 18 heavy (non-hydrogen) atoms. The molecule has 0 radical (unpaired) electrons. The van der Waals surface area contributed by atoms with Crippen molar-refractivity contribution in [3.63, 3.8) is 0 Å². The van der Waals surface area contributed by atoms with Gasteiger partial charge in [0.1, 0.15) is 0 Å². The Morgan fingerprint density at radius 1 is 1.06 bits per heavy atom. The van der Waals surface area contributed by atoms with Crippen LogP contribution in [0.15, 0.2) is 36.7 Å². The second-order valence-corrected chi connectivity index (χ2v) is 3.98. The Labute approximate surface area is 102 Å². The van der Waals surface area contributed by atoms with Crippen LogP contribution in [0, 0.1) is 6.92 Å². The van der Waals surface area contributed by atoms with Crippen LogP contribution in [0.5, 0.6) is 0 Å². The zero-order valence-corrected chi connectivity index (χ0v) is 9.62. The number of hydrogen-bond donors (Lipinski definition) is 1. The molecule has 0 atom stereocenters. The van der Waals surface area contributed by atoms with E-state index in [4.69, 9.17) is 5.73 Å². The zero-order chi connectivity index (χ0) is 13.3. The van der Waals surface area contributed by atoms with Crippen molar-refractivity contribution in [2.75, 3.05) is 5.73 Å². The molecule has 0 bridgehead atoms. The van der Waals surface area contributed by atoms with Crippen LogP contribution in [-0.4, -0.2) is 4.98 Å². The third-order valence-corrected chi connectivity index (χ3v) is 2.78. The highest BCUT2D eigenvalue weighted by Gasteiger charge is 2.30. The molecule has 5 heteroatoms. The average Bonchev–Trinajstić information content (AvgIpc) is 2.32. The predicted molar refractivity (Wildman–Crippen MR) is 63.8 cm³/mol. The fourth-order valence-electron chi connectivity index (χ4n) is 1.67. The third-order valence-electron chi connectivity index (χ3n) is 2.78. The van der Waals surface area contributed by atoms with Crippen molar-refractivity contribution < 1.29 is 13.2 Å². The number of aromatic nitrogens is 1. The van der Waals surface area contributed by atoms with E-state index in [-0.39, 0.29) is 0 Å². The molecule has 2 rings (SSSR count). The number of rotatable bonds is 1. The van der Waals surface area contributed by atoms with Gasteiger partial charge in [-0.2, -0.15) is 13.2 Å². The molecular weight excluding hydrogens is 241 g/mol. The number of nitrogens with zero attached hydrogens (tertiary/aromatic N) is 1. The Balaban J connectivity index is 2.44. The lowest BCUT2D eigenvalue weighted by atomic mass is 10.0. The minimum Gasteiger partial charge on any atom is -0.397 e. The van der Waals surface area contributed by atoms with Crippen LogP contribution in [-0.2, 0) is 6.18 Å². The van der Waals surface area contributed by atoms with E-state index in [1.54, 1.807) is 6.20 Å². The summed E-state index contributed by atoms with van der Waals surface area (Å²) in [5, 5.41) is 0. The first-order valence-electron chi connectivity index (χ1n) is 5.27. The van der Waals surface area contributed by atoms with Gasteiger partial charge in [-0.25, -0.2) is 0 Å². The molecule has 0 saturated heterocycles. The lowest BCUT2D eigenvalue weighted by Crippen LogP contribution is -2.04. The summed E-state index contributed by atoms with van der Waals surface area (Å²) in [5.74, 6) is 0. The first-order valence-corrected chi connectivity index (χ1v) is 5.27. The minimum atomic E-state index is -4.32. The zero-order valence-electron chi connectivity index (χ0n) is 9.62. The lowest BCUT2D eigenvalue weighted by Gasteiger charge is -2.10. The fraction of sp³-hybridized carbons (Fsp3) is 0.154. The molecule has 2 aromatic rings. The van der Waals surface area contributed by atoms with Gasteiger partial charge in [0, 0.05) is 11.8 Å². The van der Waals surface area contributed by atoms with Gasteiger partial charge < -0.3 is 5.73 Å². The molecular formula is C13H11F3N2. The van der Waals surface area contributed by atoms with E-state index in [9.17, 15) is 13.2 Å². The number of nitrogens with two attached hydrogens (primary N) is 1. The highest BCUT2D eigenvalue weighted by Crippen LogP contribution is 2.32. The molecule has 2 N–H and O–H groups in total. The number of hydrogen-bond acceptors (Lipinski definition) is 2. The van der Waals surface area contributed by atoms with Crippen molar-refractivity contribution in [2.24, 2.45) is 0 Å². The standard InChI is InChI=1S/C13H11F3N2/c1-8-11(6-18-7-12(8)17)9-2-4-10(5-3-9)13(14,15)16/h2-7H,17H2,1H3. The van der Waals surface area contributed by atoms with E-state index >= 15 is 0 Å². The van der Waals surface area contributed by atoms with E-state index in [0.717, 1.165) is 23.3 Å². The Morgan fingerprint density at radius 3 is 2.22 bits per heavy atom. The average molecular weight is 252 g/mol. The summed E-state index contributed by atoms with van der Waals surface area (Å²) in [4.78, 5) is 3.95. The topological polar surface area (TPSA) is 38.9 Å². The van der Waals surface area contributed by atoms with Crippen molar-refractivity contribution in [2.45, 2.75) is 13.1 Å². The second-order valence-electron chi connectivity index (χ2n) is 3.98. The second kappa shape index (κ2) is 4.33. The molecule has 2 nitrogen and oxygen atoms in total. The van der Waals surface area contributed by atoms with Gasteiger partial charge in [-0.1, -0.05) is 12.1 Å². The third kappa shape index (κ3) is 2.30. The quantitative estimate of drug-likeness (QED) is 0.841. The summed E-state index contributed by atoms with van der Waals surface area (Å²) >= 11 is 0. The van der Waals surface area contributed by atoms with E-state index in [1.807, 2.05) is 6.92 Å². The number of pyridine rings is 1. The monoisotopic (exact) mass is 252 g/mol. The molecule has 94 valence electrons. The summed E-state index contributed by atoms with van der Waals surface area (Å²) < 4.78 is 37.3. The SMILES string of the molecule is Cc1c(N)cncc1-c1ccc(C(F)(F)F)cc1. The van der Waals surface area contributed by atoms with Gasteiger partial charge in [-0.3, -0.25) is 4.98 Å². The minimum absolute atomic E-state index is 0.521. The molecule has 0 fully saturated rings. The van der Waals surface area contributed by atoms with E-state index in [1.165, 1.54) is 18.3 Å². The largest absolute Gasteiger partial charge is 0.416 e. The smallest absolute Gasteiger partial charge is 0.397 e. The fourth-order valence-corrected chi connectivity index (χ4v) is 1.67. The summed E-state index contributed by atoms with van der Waals surface area (Å²) in [6.07, 6.45) is -1.21. The van der Waals surface area contributed by atoms with Crippen LogP contribution in [0.3, 0.4) is 0 Å². The Morgan fingerprint density at radius 2 is 1.67 bits per heavy atom. The molecule has 0 unspecified atom stereocenters. The van der Waals surface area contributed by atoms with Crippen molar-refractivity contribution in [3.05, 3.63) is 47.8 Å². The van der Waals surface area contributed by atoms with Gasteiger partial charge in [-0.15, -0.1) is 0 Å². The Bertz CT molecular complexity index is 559. The van der Waals surface area contributed by atoms with Gasteiger partial charge in [0.05, 0.1) is 17.4 Å². The maximum Gasteiger partial charge on any atom is 0.416 e. The van der Waals surface area contributed by atoms with Crippen LogP contribution in [0.1, 0.15) is 11.1 Å². The molecule has 0 amide bonds. The van der Waals surface area contributed by atoms with Crippen LogP contribution in [0.2, 0.25) is 0 Å². The van der Waals surface area contributed by atoms with Gasteiger partial charge in [0.15, 0.2) is 0 Å². The molecule has 0 aliphatic rings.